The van der Waals surface area contributed by atoms with Crippen LogP contribution in [0.15, 0.2) is 0 Å². The maximum absolute atomic E-state index is 11.8. The lowest BCUT2D eigenvalue weighted by Gasteiger charge is -2.39. The van der Waals surface area contributed by atoms with Gasteiger partial charge in [-0.25, -0.2) is 8.42 Å². The summed E-state index contributed by atoms with van der Waals surface area (Å²) in [4.78, 5) is 0. The average molecular weight is 275 g/mol. The second kappa shape index (κ2) is 5.88. The van der Waals surface area contributed by atoms with Crippen LogP contribution in [-0.2, 0) is 9.84 Å². The standard InChI is InChI=1S/C13H25NO3S/c15-10-13(8-5-9-18(16,17)11-13)14-12-6-3-1-2-4-7-12/h12,14-15H,1-11H2. The van der Waals surface area contributed by atoms with E-state index in [2.05, 4.69) is 5.32 Å². The molecule has 1 saturated heterocycles. The number of hydrogen-bond donors (Lipinski definition) is 2. The largest absolute Gasteiger partial charge is 0.394 e. The zero-order chi connectivity index (χ0) is 13.1. The molecule has 0 radical (unpaired) electrons. The Morgan fingerprint density at radius 3 is 2.33 bits per heavy atom. The van der Waals surface area contributed by atoms with Gasteiger partial charge in [-0.15, -0.1) is 0 Å². The smallest absolute Gasteiger partial charge is 0.152 e. The summed E-state index contributed by atoms with van der Waals surface area (Å²) < 4.78 is 23.6. The van der Waals surface area contributed by atoms with Crippen molar-refractivity contribution in [2.75, 3.05) is 18.1 Å². The van der Waals surface area contributed by atoms with Crippen molar-refractivity contribution in [3.8, 4) is 0 Å². The minimum atomic E-state index is -2.98. The summed E-state index contributed by atoms with van der Waals surface area (Å²) in [5, 5.41) is 13.1. The third kappa shape index (κ3) is 3.68. The van der Waals surface area contributed by atoms with Crippen LogP contribution < -0.4 is 5.32 Å². The van der Waals surface area contributed by atoms with E-state index in [4.69, 9.17) is 0 Å². The van der Waals surface area contributed by atoms with E-state index in [1.807, 2.05) is 0 Å². The van der Waals surface area contributed by atoms with Crippen LogP contribution in [0.25, 0.3) is 0 Å². The van der Waals surface area contributed by atoms with Crippen molar-refractivity contribution in [1.29, 1.82) is 0 Å². The van der Waals surface area contributed by atoms with E-state index in [-0.39, 0.29) is 18.1 Å². The van der Waals surface area contributed by atoms with Crippen LogP contribution in [0.2, 0.25) is 0 Å². The molecule has 0 bridgehead atoms. The lowest BCUT2D eigenvalue weighted by atomic mass is 9.93. The van der Waals surface area contributed by atoms with Crippen LogP contribution in [0.3, 0.4) is 0 Å². The quantitative estimate of drug-likeness (QED) is 0.761. The molecule has 1 aliphatic heterocycles. The molecule has 0 aromatic carbocycles. The van der Waals surface area contributed by atoms with Gasteiger partial charge in [0.2, 0.25) is 0 Å². The Kier molecular flexibility index (Phi) is 4.67. The monoisotopic (exact) mass is 275 g/mol. The molecule has 1 saturated carbocycles. The first-order chi connectivity index (χ1) is 8.55. The van der Waals surface area contributed by atoms with Crippen LogP contribution in [0.1, 0.15) is 51.4 Å². The van der Waals surface area contributed by atoms with Crippen LogP contribution in [0, 0.1) is 0 Å². The summed E-state index contributed by atoms with van der Waals surface area (Å²) in [5.41, 5.74) is -0.577. The molecule has 0 aromatic rings. The molecule has 18 heavy (non-hydrogen) atoms. The first-order valence-electron chi connectivity index (χ1n) is 7.14. The van der Waals surface area contributed by atoms with E-state index >= 15 is 0 Å². The first kappa shape index (κ1) is 14.3. The lowest BCUT2D eigenvalue weighted by molar-refractivity contribution is 0.146. The van der Waals surface area contributed by atoms with Crippen molar-refractivity contribution in [3.05, 3.63) is 0 Å². The summed E-state index contributed by atoms with van der Waals surface area (Å²) >= 11 is 0. The number of aliphatic hydroxyl groups excluding tert-OH is 1. The molecule has 2 fully saturated rings. The van der Waals surface area contributed by atoms with E-state index in [1.165, 1.54) is 25.7 Å². The lowest BCUT2D eigenvalue weighted by Crippen LogP contribution is -2.59. The van der Waals surface area contributed by atoms with E-state index in [9.17, 15) is 13.5 Å². The fourth-order valence-corrected chi connectivity index (χ4v) is 5.23. The summed E-state index contributed by atoms with van der Waals surface area (Å²) in [5.74, 6) is 0.383. The average Bonchev–Trinajstić information content (AvgIpc) is 2.56. The molecule has 1 unspecified atom stereocenters. The highest BCUT2D eigenvalue weighted by Gasteiger charge is 2.39. The minimum absolute atomic E-state index is 0.0667. The van der Waals surface area contributed by atoms with Crippen molar-refractivity contribution in [3.63, 3.8) is 0 Å². The van der Waals surface area contributed by atoms with Gasteiger partial charge >= 0.3 is 0 Å². The SMILES string of the molecule is O=S1(=O)CCCC(CO)(NC2CCCCCC2)C1. The molecule has 0 aromatic heterocycles. The van der Waals surface area contributed by atoms with Crippen LogP contribution >= 0.6 is 0 Å². The summed E-state index contributed by atoms with van der Waals surface area (Å²) in [6.45, 7) is -0.0667. The van der Waals surface area contributed by atoms with Crippen molar-refractivity contribution >= 4 is 9.84 Å². The second-order valence-corrected chi connectivity index (χ2v) is 8.15. The Morgan fingerprint density at radius 2 is 1.78 bits per heavy atom. The van der Waals surface area contributed by atoms with Gasteiger partial charge in [-0.05, 0) is 25.7 Å². The molecule has 1 heterocycles. The minimum Gasteiger partial charge on any atom is -0.394 e. The summed E-state index contributed by atoms with van der Waals surface area (Å²) in [6, 6.07) is 0.382. The Morgan fingerprint density at radius 1 is 1.11 bits per heavy atom. The van der Waals surface area contributed by atoms with E-state index < -0.39 is 15.4 Å². The first-order valence-corrected chi connectivity index (χ1v) is 8.96. The fourth-order valence-electron chi connectivity index (χ4n) is 3.34. The van der Waals surface area contributed by atoms with Gasteiger partial charge in [0.1, 0.15) is 0 Å². The van der Waals surface area contributed by atoms with Gasteiger partial charge in [-0.3, -0.25) is 0 Å². The molecule has 106 valence electrons. The Hall–Kier alpha value is -0.130. The molecular formula is C13H25NO3S. The van der Waals surface area contributed by atoms with Crippen molar-refractivity contribution in [2.24, 2.45) is 0 Å². The molecule has 1 atom stereocenters. The molecule has 5 heteroatoms. The molecule has 4 nitrogen and oxygen atoms in total. The highest BCUT2D eigenvalue weighted by atomic mass is 32.2. The summed E-state index contributed by atoms with van der Waals surface area (Å²) in [7, 11) is -2.98. The van der Waals surface area contributed by atoms with Gasteiger partial charge in [0.25, 0.3) is 0 Å². The normalized spacial score (nSPS) is 34.1. The van der Waals surface area contributed by atoms with Gasteiger partial charge in [0, 0.05) is 6.04 Å². The number of aliphatic hydroxyl groups is 1. The maximum atomic E-state index is 11.8. The summed E-state index contributed by atoms with van der Waals surface area (Å²) in [6.07, 6.45) is 8.66. The van der Waals surface area contributed by atoms with Crippen LogP contribution in [0.4, 0.5) is 0 Å². The predicted octanol–water partition coefficient (Wildman–Crippen LogP) is 1.24. The number of nitrogens with one attached hydrogen (secondary N) is 1. The van der Waals surface area contributed by atoms with Gasteiger partial charge in [0.15, 0.2) is 9.84 Å². The zero-order valence-electron chi connectivity index (χ0n) is 11.0. The third-order valence-electron chi connectivity index (χ3n) is 4.28. The molecule has 0 amide bonds. The van der Waals surface area contributed by atoms with Crippen LogP contribution in [-0.4, -0.2) is 43.2 Å². The number of sulfone groups is 1. The van der Waals surface area contributed by atoms with Crippen LogP contribution in [0.5, 0.6) is 0 Å². The van der Waals surface area contributed by atoms with Gasteiger partial charge in [-0.2, -0.15) is 0 Å². The molecular weight excluding hydrogens is 250 g/mol. The second-order valence-electron chi connectivity index (χ2n) is 5.97. The Bertz CT molecular complexity index is 360. The molecule has 0 spiro atoms. The molecule has 2 aliphatic rings. The molecule has 2 rings (SSSR count). The highest BCUT2D eigenvalue weighted by molar-refractivity contribution is 7.91. The van der Waals surface area contributed by atoms with Crippen molar-refractivity contribution in [1.82, 2.24) is 5.32 Å². The fraction of sp³-hybridized carbons (Fsp3) is 1.00. The zero-order valence-corrected chi connectivity index (χ0v) is 11.8. The number of rotatable bonds is 3. The van der Waals surface area contributed by atoms with E-state index in [0.29, 0.717) is 12.5 Å². The molecule has 2 N–H and O–H groups in total. The Labute approximate surface area is 110 Å². The van der Waals surface area contributed by atoms with Gasteiger partial charge < -0.3 is 10.4 Å². The topological polar surface area (TPSA) is 66.4 Å². The third-order valence-corrected chi connectivity index (χ3v) is 6.18. The van der Waals surface area contributed by atoms with Crippen molar-refractivity contribution < 1.29 is 13.5 Å². The number of hydrogen-bond acceptors (Lipinski definition) is 4. The van der Waals surface area contributed by atoms with Gasteiger partial charge in [0.05, 0.1) is 23.7 Å². The predicted molar refractivity (Wildman–Crippen MR) is 72.3 cm³/mol. The Balaban J connectivity index is 2.02. The maximum Gasteiger partial charge on any atom is 0.152 e. The van der Waals surface area contributed by atoms with Crippen molar-refractivity contribution in [2.45, 2.75) is 62.9 Å². The highest BCUT2D eigenvalue weighted by Crippen LogP contribution is 2.26. The van der Waals surface area contributed by atoms with Gasteiger partial charge in [-0.1, -0.05) is 25.7 Å². The molecule has 1 aliphatic carbocycles. The van der Waals surface area contributed by atoms with E-state index in [0.717, 1.165) is 19.3 Å². The van der Waals surface area contributed by atoms with E-state index in [1.54, 1.807) is 0 Å².